The van der Waals surface area contributed by atoms with E-state index >= 15 is 0 Å². The fourth-order valence-electron chi connectivity index (χ4n) is 2.80. The fraction of sp³-hybridized carbons (Fsp3) is 0.400. The van der Waals surface area contributed by atoms with Crippen LogP contribution in [0.5, 0.6) is 0 Å². The van der Waals surface area contributed by atoms with Crippen LogP contribution in [0, 0.1) is 5.92 Å². The number of rotatable bonds is 2. The van der Waals surface area contributed by atoms with Crippen LogP contribution in [0.4, 0.5) is 0 Å². The smallest absolute Gasteiger partial charge is 0.166 e. The molecule has 1 N–H and O–H groups in total. The monoisotopic (exact) mass is 227 g/mol. The molecule has 0 atom stereocenters. The molecular weight excluding hydrogens is 210 g/mol. The van der Waals surface area contributed by atoms with Crippen molar-refractivity contribution in [2.75, 3.05) is 0 Å². The van der Waals surface area contributed by atoms with Gasteiger partial charge in [-0.2, -0.15) is 0 Å². The maximum Gasteiger partial charge on any atom is 0.166 e. The third-order valence-corrected chi connectivity index (χ3v) is 3.82. The Balaban J connectivity index is 1.88. The van der Waals surface area contributed by atoms with E-state index in [0.717, 1.165) is 23.9 Å². The van der Waals surface area contributed by atoms with Crippen molar-refractivity contribution in [3.05, 3.63) is 36.0 Å². The molecule has 1 aliphatic carbocycles. The Bertz CT molecular complexity index is 535. The Morgan fingerprint density at radius 2 is 1.94 bits per heavy atom. The number of hydrogen-bond donors (Lipinski definition) is 1. The molecule has 17 heavy (non-hydrogen) atoms. The van der Waals surface area contributed by atoms with Gasteiger partial charge >= 0.3 is 0 Å². The van der Waals surface area contributed by atoms with E-state index < -0.39 is 0 Å². The number of benzene rings is 1. The quantitative estimate of drug-likeness (QED) is 0.775. The van der Waals surface area contributed by atoms with Gasteiger partial charge in [0.2, 0.25) is 0 Å². The van der Waals surface area contributed by atoms with Crippen molar-refractivity contribution in [1.82, 2.24) is 4.98 Å². The van der Waals surface area contributed by atoms with Crippen LogP contribution in [0.2, 0.25) is 0 Å². The highest BCUT2D eigenvalue weighted by Crippen LogP contribution is 2.27. The second-order valence-electron chi connectivity index (χ2n) is 4.98. The molecule has 2 heteroatoms. The van der Waals surface area contributed by atoms with E-state index in [9.17, 15) is 4.79 Å². The summed E-state index contributed by atoms with van der Waals surface area (Å²) >= 11 is 0. The number of fused-ring (bicyclic) bond motifs is 1. The number of nitrogens with one attached hydrogen (secondary N) is 1. The van der Waals surface area contributed by atoms with Gasteiger partial charge in [-0.1, -0.05) is 31.4 Å². The molecule has 0 spiro atoms. The van der Waals surface area contributed by atoms with E-state index in [0.29, 0.717) is 5.78 Å². The summed E-state index contributed by atoms with van der Waals surface area (Å²) in [6.45, 7) is 0. The third kappa shape index (κ3) is 1.99. The van der Waals surface area contributed by atoms with E-state index in [2.05, 4.69) is 4.98 Å². The summed E-state index contributed by atoms with van der Waals surface area (Å²) in [4.78, 5) is 15.5. The van der Waals surface area contributed by atoms with Gasteiger partial charge in [-0.3, -0.25) is 4.79 Å². The number of carbonyl (C=O) groups is 1. The molecular formula is C15H17NO. The Morgan fingerprint density at radius 1 is 1.12 bits per heavy atom. The van der Waals surface area contributed by atoms with Gasteiger partial charge < -0.3 is 4.98 Å². The zero-order chi connectivity index (χ0) is 11.7. The molecule has 3 rings (SSSR count). The summed E-state index contributed by atoms with van der Waals surface area (Å²) < 4.78 is 0. The highest BCUT2D eigenvalue weighted by atomic mass is 16.1. The second kappa shape index (κ2) is 4.36. The first kappa shape index (κ1) is 10.6. The van der Waals surface area contributed by atoms with Crippen LogP contribution in [-0.2, 0) is 0 Å². The van der Waals surface area contributed by atoms with Crippen molar-refractivity contribution < 1.29 is 4.79 Å². The van der Waals surface area contributed by atoms with Crippen molar-refractivity contribution in [2.45, 2.75) is 32.1 Å². The van der Waals surface area contributed by atoms with Crippen molar-refractivity contribution in [1.29, 1.82) is 0 Å². The fourth-order valence-corrected chi connectivity index (χ4v) is 2.80. The number of H-pyrrole nitrogens is 1. The summed E-state index contributed by atoms with van der Waals surface area (Å²) in [6.07, 6.45) is 7.77. The van der Waals surface area contributed by atoms with Gasteiger partial charge in [0, 0.05) is 23.2 Å². The molecule has 1 fully saturated rings. The highest BCUT2D eigenvalue weighted by Gasteiger charge is 2.22. The molecule has 1 aromatic carbocycles. The van der Waals surface area contributed by atoms with Gasteiger partial charge in [-0.05, 0) is 30.4 Å². The topological polar surface area (TPSA) is 32.9 Å². The zero-order valence-electron chi connectivity index (χ0n) is 9.91. The van der Waals surface area contributed by atoms with Gasteiger partial charge in [0.05, 0.1) is 0 Å². The predicted molar refractivity (Wildman–Crippen MR) is 69.2 cm³/mol. The van der Waals surface area contributed by atoms with Crippen LogP contribution >= 0.6 is 0 Å². The SMILES string of the molecule is O=C(c1ccc2cc[nH]c2c1)C1CCCCC1. The van der Waals surface area contributed by atoms with Crippen LogP contribution in [0.15, 0.2) is 30.5 Å². The average molecular weight is 227 g/mol. The largest absolute Gasteiger partial charge is 0.361 e. The molecule has 1 heterocycles. The molecule has 0 unspecified atom stereocenters. The first-order valence-corrected chi connectivity index (χ1v) is 6.46. The van der Waals surface area contributed by atoms with Gasteiger partial charge in [0.15, 0.2) is 5.78 Å². The van der Waals surface area contributed by atoms with Crippen molar-refractivity contribution >= 4 is 16.7 Å². The van der Waals surface area contributed by atoms with E-state index in [-0.39, 0.29) is 5.92 Å². The minimum absolute atomic E-state index is 0.260. The third-order valence-electron chi connectivity index (χ3n) is 3.82. The number of ketones is 1. The maximum absolute atomic E-state index is 12.4. The van der Waals surface area contributed by atoms with Crippen LogP contribution in [0.3, 0.4) is 0 Å². The van der Waals surface area contributed by atoms with Crippen LogP contribution in [-0.4, -0.2) is 10.8 Å². The summed E-state index contributed by atoms with van der Waals surface area (Å²) in [5.74, 6) is 0.595. The lowest BCUT2D eigenvalue weighted by Gasteiger charge is -2.20. The molecule has 1 aliphatic rings. The zero-order valence-corrected chi connectivity index (χ0v) is 9.91. The average Bonchev–Trinajstić information content (AvgIpc) is 2.86. The molecule has 0 bridgehead atoms. The van der Waals surface area contributed by atoms with Crippen molar-refractivity contribution in [3.63, 3.8) is 0 Å². The van der Waals surface area contributed by atoms with E-state index in [1.54, 1.807) is 0 Å². The lowest BCUT2D eigenvalue weighted by molar-refractivity contribution is 0.0889. The highest BCUT2D eigenvalue weighted by molar-refractivity contribution is 6.00. The van der Waals surface area contributed by atoms with Gasteiger partial charge in [0.25, 0.3) is 0 Å². The van der Waals surface area contributed by atoms with Gasteiger partial charge in [-0.25, -0.2) is 0 Å². The molecule has 1 aromatic heterocycles. The molecule has 0 aliphatic heterocycles. The molecule has 2 aromatic rings. The Hall–Kier alpha value is -1.57. The molecule has 1 saturated carbocycles. The Kier molecular flexibility index (Phi) is 2.71. The van der Waals surface area contributed by atoms with E-state index in [1.165, 1.54) is 24.6 Å². The van der Waals surface area contributed by atoms with Crippen molar-refractivity contribution in [3.8, 4) is 0 Å². The Labute approximate surface area is 101 Å². The molecule has 88 valence electrons. The van der Waals surface area contributed by atoms with Gasteiger partial charge in [0.1, 0.15) is 0 Å². The predicted octanol–water partition coefficient (Wildman–Crippen LogP) is 3.93. The lowest BCUT2D eigenvalue weighted by atomic mass is 9.84. The molecule has 0 radical (unpaired) electrons. The lowest BCUT2D eigenvalue weighted by Crippen LogP contribution is -2.17. The minimum Gasteiger partial charge on any atom is -0.361 e. The van der Waals surface area contributed by atoms with E-state index in [4.69, 9.17) is 0 Å². The van der Waals surface area contributed by atoms with Crippen molar-refractivity contribution in [2.24, 2.45) is 5.92 Å². The minimum atomic E-state index is 0.260. The number of hydrogen-bond acceptors (Lipinski definition) is 1. The summed E-state index contributed by atoms with van der Waals surface area (Å²) in [5, 5.41) is 1.17. The van der Waals surface area contributed by atoms with Gasteiger partial charge in [-0.15, -0.1) is 0 Å². The summed E-state index contributed by atoms with van der Waals surface area (Å²) in [5.41, 5.74) is 1.93. The standard InChI is InChI=1S/C15H17NO/c17-15(12-4-2-1-3-5-12)13-7-6-11-8-9-16-14(11)10-13/h6-10,12,16H,1-5H2. The summed E-state index contributed by atoms with van der Waals surface area (Å²) in [7, 11) is 0. The number of aromatic nitrogens is 1. The first-order chi connectivity index (χ1) is 8.34. The number of aromatic amines is 1. The normalized spacial score (nSPS) is 17.4. The maximum atomic E-state index is 12.4. The Morgan fingerprint density at radius 3 is 2.76 bits per heavy atom. The first-order valence-electron chi connectivity index (χ1n) is 6.46. The number of Topliss-reactive ketones (excluding diaryl/α,β-unsaturated/α-hetero) is 1. The molecule has 2 nitrogen and oxygen atoms in total. The van der Waals surface area contributed by atoms with Crippen LogP contribution in [0.25, 0.3) is 10.9 Å². The molecule has 0 saturated heterocycles. The van der Waals surface area contributed by atoms with Crippen LogP contribution in [0.1, 0.15) is 42.5 Å². The molecule has 0 amide bonds. The number of carbonyl (C=O) groups excluding carboxylic acids is 1. The van der Waals surface area contributed by atoms with E-state index in [1.807, 2.05) is 30.5 Å². The summed E-state index contributed by atoms with van der Waals surface area (Å²) in [6, 6.07) is 8.02. The second-order valence-corrected chi connectivity index (χ2v) is 4.98. The van der Waals surface area contributed by atoms with Crippen LogP contribution < -0.4 is 0 Å².